The largest absolute Gasteiger partial charge is 0.481 e. The Morgan fingerprint density at radius 1 is 1.18 bits per heavy atom. The minimum absolute atomic E-state index is 0.219. The molecule has 4 heteroatoms. The Morgan fingerprint density at radius 3 is 2.86 bits per heavy atom. The van der Waals surface area contributed by atoms with Crippen LogP contribution in [0.15, 0.2) is 48.1 Å². The minimum Gasteiger partial charge on any atom is -0.481 e. The molecule has 2 unspecified atom stereocenters. The van der Waals surface area contributed by atoms with Crippen molar-refractivity contribution in [2.45, 2.75) is 82.8 Å². The first-order valence-corrected chi connectivity index (χ1v) is 10.8. The second kappa shape index (κ2) is 12.7. The maximum absolute atomic E-state index is 10.5. The average Bonchev–Trinajstić information content (AvgIpc) is 2.85. The van der Waals surface area contributed by atoms with Crippen LogP contribution < -0.4 is 0 Å². The monoisotopic (exact) mass is 388 g/mol. The summed E-state index contributed by atoms with van der Waals surface area (Å²) in [6, 6.07) is 0. The highest BCUT2D eigenvalue weighted by Crippen LogP contribution is 2.38. The molecule has 2 aliphatic carbocycles. The SMILES string of the molecule is O=C(O)CCC/C=C\C[C@H]1CCC(O)C1CC[C@@H](O)CCC1=CC=CC=CC1. The van der Waals surface area contributed by atoms with Crippen molar-refractivity contribution >= 4 is 5.97 Å². The lowest BCUT2D eigenvalue weighted by molar-refractivity contribution is -0.137. The zero-order valence-electron chi connectivity index (χ0n) is 16.9. The van der Waals surface area contributed by atoms with E-state index in [1.54, 1.807) is 0 Å². The molecule has 0 aromatic rings. The predicted octanol–water partition coefficient (Wildman–Crippen LogP) is 4.94. The molecular formula is C24H36O4. The molecule has 0 radical (unpaired) electrons. The topological polar surface area (TPSA) is 77.8 Å². The van der Waals surface area contributed by atoms with Gasteiger partial charge in [-0.1, -0.05) is 48.1 Å². The molecule has 0 aromatic heterocycles. The van der Waals surface area contributed by atoms with Gasteiger partial charge in [0.15, 0.2) is 0 Å². The zero-order valence-corrected chi connectivity index (χ0v) is 16.9. The summed E-state index contributed by atoms with van der Waals surface area (Å²) in [5, 5.41) is 29.4. The number of rotatable bonds is 12. The van der Waals surface area contributed by atoms with Crippen LogP contribution in [0, 0.1) is 11.8 Å². The number of carboxylic acids is 1. The molecule has 0 saturated heterocycles. The van der Waals surface area contributed by atoms with Gasteiger partial charge >= 0.3 is 5.97 Å². The fourth-order valence-corrected chi connectivity index (χ4v) is 4.30. The molecule has 156 valence electrons. The summed E-state index contributed by atoms with van der Waals surface area (Å²) in [6.45, 7) is 0. The Bertz CT molecular complexity index is 587. The quantitative estimate of drug-likeness (QED) is 0.327. The second-order valence-electron chi connectivity index (χ2n) is 8.17. The molecule has 4 atom stereocenters. The Morgan fingerprint density at radius 2 is 2.04 bits per heavy atom. The summed E-state index contributed by atoms with van der Waals surface area (Å²) in [4.78, 5) is 10.5. The maximum atomic E-state index is 10.5. The number of aliphatic hydroxyl groups excluding tert-OH is 2. The maximum Gasteiger partial charge on any atom is 0.303 e. The van der Waals surface area contributed by atoms with Gasteiger partial charge < -0.3 is 15.3 Å². The van der Waals surface area contributed by atoms with E-state index in [4.69, 9.17) is 5.11 Å². The molecule has 28 heavy (non-hydrogen) atoms. The van der Waals surface area contributed by atoms with Gasteiger partial charge in [0.1, 0.15) is 0 Å². The lowest BCUT2D eigenvalue weighted by atomic mass is 9.86. The highest BCUT2D eigenvalue weighted by atomic mass is 16.4. The summed E-state index contributed by atoms with van der Waals surface area (Å²) in [5.41, 5.74) is 1.36. The minimum atomic E-state index is -0.741. The lowest BCUT2D eigenvalue weighted by Gasteiger charge is -2.22. The third-order valence-corrected chi connectivity index (χ3v) is 6.00. The van der Waals surface area contributed by atoms with Crippen molar-refractivity contribution in [2.75, 3.05) is 0 Å². The van der Waals surface area contributed by atoms with Crippen molar-refractivity contribution in [1.29, 1.82) is 0 Å². The van der Waals surface area contributed by atoms with E-state index in [-0.39, 0.29) is 24.5 Å². The smallest absolute Gasteiger partial charge is 0.303 e. The van der Waals surface area contributed by atoms with E-state index in [0.29, 0.717) is 12.3 Å². The number of carbonyl (C=O) groups is 1. The van der Waals surface area contributed by atoms with Crippen molar-refractivity contribution in [1.82, 2.24) is 0 Å². The van der Waals surface area contributed by atoms with Gasteiger partial charge in [-0.2, -0.15) is 0 Å². The fourth-order valence-electron chi connectivity index (χ4n) is 4.30. The first-order valence-electron chi connectivity index (χ1n) is 10.8. The summed E-state index contributed by atoms with van der Waals surface area (Å²) < 4.78 is 0. The average molecular weight is 389 g/mol. The number of aliphatic carboxylic acids is 1. The zero-order chi connectivity index (χ0) is 20.2. The molecule has 0 bridgehead atoms. The van der Waals surface area contributed by atoms with Gasteiger partial charge in [0.05, 0.1) is 12.2 Å². The molecule has 3 N–H and O–H groups in total. The molecule has 0 aromatic carbocycles. The highest BCUT2D eigenvalue weighted by Gasteiger charge is 2.33. The van der Waals surface area contributed by atoms with Crippen molar-refractivity contribution < 1.29 is 20.1 Å². The summed E-state index contributed by atoms with van der Waals surface area (Å²) in [7, 11) is 0. The molecule has 1 fully saturated rings. The fraction of sp³-hybridized carbons (Fsp3) is 0.625. The van der Waals surface area contributed by atoms with Crippen molar-refractivity contribution in [3.63, 3.8) is 0 Å². The number of hydrogen-bond acceptors (Lipinski definition) is 3. The predicted molar refractivity (Wildman–Crippen MR) is 113 cm³/mol. The van der Waals surface area contributed by atoms with Crippen LogP contribution >= 0.6 is 0 Å². The van der Waals surface area contributed by atoms with Crippen molar-refractivity contribution in [3.05, 3.63) is 48.1 Å². The van der Waals surface area contributed by atoms with Gasteiger partial charge in [-0.15, -0.1) is 0 Å². The van der Waals surface area contributed by atoms with Crippen molar-refractivity contribution in [2.24, 2.45) is 11.8 Å². The normalized spacial score (nSPS) is 25.8. The van der Waals surface area contributed by atoms with Crippen LogP contribution in [0.1, 0.15) is 70.6 Å². The van der Waals surface area contributed by atoms with Crippen LogP contribution in [0.5, 0.6) is 0 Å². The number of hydrogen-bond donors (Lipinski definition) is 3. The Kier molecular flexibility index (Phi) is 10.3. The molecule has 2 aliphatic rings. The molecule has 1 saturated carbocycles. The molecule has 0 heterocycles. The van der Waals surface area contributed by atoms with E-state index in [9.17, 15) is 15.0 Å². The molecule has 0 aliphatic heterocycles. The van der Waals surface area contributed by atoms with Gasteiger partial charge in [-0.3, -0.25) is 4.79 Å². The van der Waals surface area contributed by atoms with Gasteiger partial charge in [0.25, 0.3) is 0 Å². The van der Waals surface area contributed by atoms with Crippen LogP contribution in [0.4, 0.5) is 0 Å². The third kappa shape index (κ3) is 8.57. The van der Waals surface area contributed by atoms with E-state index in [1.807, 2.05) is 6.08 Å². The Balaban J connectivity index is 1.67. The number of aliphatic hydroxyl groups is 2. The van der Waals surface area contributed by atoms with E-state index < -0.39 is 5.97 Å². The first-order chi connectivity index (χ1) is 13.6. The van der Waals surface area contributed by atoms with Crippen LogP contribution in [-0.4, -0.2) is 33.5 Å². The van der Waals surface area contributed by atoms with Crippen LogP contribution in [0.3, 0.4) is 0 Å². The Labute approximate surface area is 169 Å². The molecule has 4 nitrogen and oxygen atoms in total. The van der Waals surface area contributed by atoms with Crippen LogP contribution in [0.25, 0.3) is 0 Å². The highest BCUT2D eigenvalue weighted by molar-refractivity contribution is 5.66. The van der Waals surface area contributed by atoms with Gasteiger partial charge in [0, 0.05) is 6.42 Å². The van der Waals surface area contributed by atoms with E-state index >= 15 is 0 Å². The van der Waals surface area contributed by atoms with Crippen molar-refractivity contribution in [3.8, 4) is 0 Å². The van der Waals surface area contributed by atoms with Crippen LogP contribution in [-0.2, 0) is 4.79 Å². The van der Waals surface area contributed by atoms with Crippen LogP contribution in [0.2, 0.25) is 0 Å². The summed E-state index contributed by atoms with van der Waals surface area (Å²) >= 11 is 0. The standard InChI is InChI=1S/C24H36O4/c25-21(15-13-19-9-5-1-2-6-10-19)16-17-22-20(14-18-23(22)26)11-7-3-4-8-12-24(27)28/h1-3,5-7,9,20-23,25-26H,4,8,10-18H2,(H,27,28)/b7-3-/t20-,21-,22?,23?/m0/s1. The Hall–Kier alpha value is -1.65. The second-order valence-corrected chi connectivity index (χ2v) is 8.17. The van der Waals surface area contributed by atoms with Gasteiger partial charge in [-0.05, 0) is 76.0 Å². The number of carboxylic acid groups (broad SMARTS) is 1. The first kappa shape index (κ1) is 22.6. The lowest BCUT2D eigenvalue weighted by Crippen LogP contribution is -2.21. The van der Waals surface area contributed by atoms with E-state index in [0.717, 1.165) is 57.8 Å². The summed E-state index contributed by atoms with van der Waals surface area (Å²) in [6.07, 6.45) is 22.9. The molecule has 0 amide bonds. The molecular weight excluding hydrogens is 352 g/mol. The summed E-state index contributed by atoms with van der Waals surface area (Å²) in [5.74, 6) is -0.00625. The van der Waals surface area contributed by atoms with E-state index in [2.05, 4.69) is 36.5 Å². The molecule has 2 rings (SSSR count). The van der Waals surface area contributed by atoms with E-state index in [1.165, 1.54) is 5.57 Å². The number of unbranched alkanes of at least 4 members (excludes halogenated alkanes) is 1. The third-order valence-electron chi connectivity index (χ3n) is 6.00. The van der Waals surface area contributed by atoms with Gasteiger partial charge in [0.2, 0.25) is 0 Å². The number of allylic oxidation sites excluding steroid dienone is 8. The molecule has 0 spiro atoms. The van der Waals surface area contributed by atoms with Gasteiger partial charge in [-0.25, -0.2) is 0 Å².